The molecule has 6 N–H and O–H groups in total. The number of rotatable bonds is 7. The van der Waals surface area contributed by atoms with Crippen LogP contribution in [0.15, 0.2) is 0 Å². The molecule has 0 rings (SSSR count). The molecule has 0 spiro atoms. The Morgan fingerprint density at radius 2 is 1.38 bits per heavy atom. The smallest absolute Gasteiger partial charge is 0.367 e. The van der Waals surface area contributed by atoms with Gasteiger partial charge < -0.3 is 28.8 Å². The Morgan fingerprint density at radius 1 is 1.00 bits per heavy atom. The van der Waals surface area contributed by atoms with Crippen molar-refractivity contribution in [3.8, 4) is 0 Å². The highest BCUT2D eigenvalue weighted by Crippen LogP contribution is 2.51. The molecule has 0 aromatic heterocycles. The highest BCUT2D eigenvalue weighted by Gasteiger charge is 2.48. The lowest BCUT2D eigenvalue weighted by molar-refractivity contribution is 0.0949. The molecular weight excluding hydrogens is 279 g/mol. The van der Waals surface area contributed by atoms with Crippen LogP contribution < -0.4 is 0 Å². The molecule has 0 saturated carbocycles. The molecule has 0 bridgehead atoms. The average molecular weight is 294 g/mol. The average Bonchev–Trinajstić information content (AvgIpc) is 1.93. The van der Waals surface area contributed by atoms with E-state index in [1.54, 1.807) is 6.92 Å². The van der Waals surface area contributed by atoms with E-state index < -0.39 is 31.9 Å². The summed E-state index contributed by atoms with van der Waals surface area (Å²) in [5.74, 6) is 0. The van der Waals surface area contributed by atoms with E-state index in [0.717, 1.165) is 0 Å². The summed E-state index contributed by atoms with van der Waals surface area (Å²) >= 11 is 0. The third kappa shape index (κ3) is 8.49. The van der Waals surface area contributed by atoms with Gasteiger partial charge >= 0.3 is 25.7 Å². The topological polar surface area (TPSA) is 157 Å². The lowest BCUT2D eigenvalue weighted by Crippen LogP contribution is -2.42. The van der Waals surface area contributed by atoms with Crippen LogP contribution in [0.3, 0.4) is 0 Å². The molecule has 0 heterocycles. The lowest BCUT2D eigenvalue weighted by Gasteiger charge is -2.23. The predicted molar refractivity (Wildman–Crippen MR) is 54.4 cm³/mol. The Morgan fingerprint density at radius 3 is 1.62 bits per heavy atom. The van der Waals surface area contributed by atoms with Crippen LogP contribution in [0, 0.1) is 0 Å². The van der Waals surface area contributed by atoms with Crippen molar-refractivity contribution in [2.45, 2.75) is 19.8 Å². The molecule has 0 radical (unpaired) electrons. The summed E-state index contributed by atoms with van der Waals surface area (Å²) in [5.41, 5.74) is 0. The van der Waals surface area contributed by atoms with Crippen LogP contribution in [-0.4, -0.2) is 53.0 Å². The maximum absolute atomic E-state index is 11.7. The maximum Gasteiger partial charge on any atom is 0.678 e. The zero-order valence-corrected chi connectivity index (χ0v) is 11.4. The van der Waals surface area contributed by atoms with Crippen molar-refractivity contribution in [3.05, 3.63) is 0 Å². The molecule has 0 unspecified atom stereocenters. The molecule has 0 amide bonds. The van der Waals surface area contributed by atoms with Gasteiger partial charge in [0.1, 0.15) is 0 Å². The summed E-state index contributed by atoms with van der Waals surface area (Å²) in [6.07, 6.45) is 0.382. The Labute approximate surface area is 94.0 Å². The van der Waals surface area contributed by atoms with Crippen molar-refractivity contribution in [2.75, 3.05) is 6.16 Å². The molecule has 0 aromatic rings. The van der Waals surface area contributed by atoms with E-state index in [1.807, 2.05) is 0 Å². The van der Waals surface area contributed by atoms with Gasteiger partial charge in [0.2, 0.25) is 0 Å². The molecule has 12 heteroatoms. The van der Waals surface area contributed by atoms with Gasteiger partial charge in [0, 0.05) is 6.16 Å². The fourth-order valence-electron chi connectivity index (χ4n) is 0.835. The van der Waals surface area contributed by atoms with Crippen molar-refractivity contribution in [2.24, 2.45) is 0 Å². The largest absolute Gasteiger partial charge is 0.678 e. The third-order valence-electron chi connectivity index (χ3n) is 1.31. The summed E-state index contributed by atoms with van der Waals surface area (Å²) < 4.78 is 19.7. The molecule has 16 heavy (non-hydrogen) atoms. The summed E-state index contributed by atoms with van der Waals surface area (Å²) in [4.78, 5) is 51.6. The van der Waals surface area contributed by atoms with Crippen LogP contribution in [0.2, 0.25) is 0 Å². The second-order valence-corrected chi connectivity index (χ2v) is 8.44. The Hall–Kier alpha value is 0.344. The summed E-state index contributed by atoms with van der Waals surface area (Å²) in [6, 6.07) is 0. The third-order valence-corrected chi connectivity index (χ3v) is 6.36. The molecule has 9 nitrogen and oxygen atoms in total. The maximum atomic E-state index is 11.7. The van der Waals surface area contributed by atoms with Gasteiger partial charge in [-0.2, -0.15) is 0 Å². The number of hydrogen-bond donors (Lipinski definition) is 6. The van der Waals surface area contributed by atoms with E-state index in [-0.39, 0.29) is 6.42 Å². The van der Waals surface area contributed by atoms with E-state index in [4.69, 9.17) is 28.8 Å². The second kappa shape index (κ2) is 5.79. The van der Waals surface area contributed by atoms with Gasteiger partial charge in [0.25, 0.3) is 0 Å². The minimum Gasteiger partial charge on any atom is -0.367 e. The van der Waals surface area contributed by atoms with Crippen molar-refractivity contribution >= 4 is 25.7 Å². The van der Waals surface area contributed by atoms with Gasteiger partial charge in [-0.15, -0.1) is 0 Å². The van der Waals surface area contributed by atoms with Gasteiger partial charge in [-0.25, -0.2) is 0 Å². The second-order valence-electron chi connectivity index (χ2n) is 3.02. The molecule has 0 aliphatic heterocycles. The molecule has 0 aliphatic rings. The highest BCUT2D eigenvalue weighted by atomic mass is 31.2. The predicted octanol–water partition coefficient (Wildman–Crippen LogP) is -2.16. The summed E-state index contributed by atoms with van der Waals surface area (Å²) in [7, 11) is -14.6. The van der Waals surface area contributed by atoms with E-state index in [2.05, 4.69) is 8.43 Å². The first-order valence-corrected chi connectivity index (χ1v) is 9.55. The lowest BCUT2D eigenvalue weighted by atomic mass is 10.4. The molecular formula is C4H15O9PSi2. The van der Waals surface area contributed by atoms with Gasteiger partial charge in [-0.05, 0) is 6.42 Å². The standard InChI is InChI=1S/C4H15O9PSi2/c1-2-3-4-14(5,12-15(6,7)8)13-16(9,10)11/h6-11H,2-4H2,1H3. The van der Waals surface area contributed by atoms with Gasteiger partial charge in [-0.1, -0.05) is 13.3 Å². The fourth-order valence-corrected chi connectivity index (χ4v) is 5.74. The van der Waals surface area contributed by atoms with Crippen molar-refractivity contribution < 1.29 is 41.8 Å². The first-order valence-electron chi connectivity index (χ1n) is 4.32. The molecule has 98 valence electrons. The zero-order valence-electron chi connectivity index (χ0n) is 8.48. The monoisotopic (exact) mass is 294 g/mol. The number of hydrogen-bond acceptors (Lipinski definition) is 9. The first kappa shape index (κ1) is 16.3. The normalized spacial score (nSPS) is 14.2. The Kier molecular flexibility index (Phi) is 5.92. The van der Waals surface area contributed by atoms with E-state index in [1.165, 1.54) is 0 Å². The van der Waals surface area contributed by atoms with Crippen LogP contribution in [0.4, 0.5) is 0 Å². The minimum absolute atomic E-state index is 0.242. The van der Waals surface area contributed by atoms with Crippen molar-refractivity contribution in [1.82, 2.24) is 0 Å². The molecule has 0 atom stereocenters. The SMILES string of the molecule is CCCCP(=O)(O[Si](O)(O)O)O[Si](O)(O)O. The van der Waals surface area contributed by atoms with Gasteiger partial charge in [-0.3, -0.25) is 13.0 Å². The quantitative estimate of drug-likeness (QED) is 0.227. The minimum atomic E-state index is -5.14. The first-order chi connectivity index (χ1) is 6.97. The van der Waals surface area contributed by atoms with E-state index in [9.17, 15) is 4.57 Å². The van der Waals surface area contributed by atoms with E-state index in [0.29, 0.717) is 6.42 Å². The Bertz CT molecular complexity index is 237. The highest BCUT2D eigenvalue weighted by molar-refractivity contribution is 7.56. The van der Waals surface area contributed by atoms with Gasteiger partial charge in [0.15, 0.2) is 0 Å². The van der Waals surface area contributed by atoms with Gasteiger partial charge in [0.05, 0.1) is 0 Å². The van der Waals surface area contributed by atoms with Crippen LogP contribution in [0.1, 0.15) is 19.8 Å². The molecule has 0 saturated heterocycles. The zero-order chi connectivity index (χ0) is 13.0. The number of unbranched alkanes of at least 4 members (excludes halogenated alkanes) is 1. The van der Waals surface area contributed by atoms with Crippen molar-refractivity contribution in [3.63, 3.8) is 0 Å². The Balaban J connectivity index is 4.69. The molecule has 0 aromatic carbocycles. The molecule has 0 fully saturated rings. The molecule has 0 aliphatic carbocycles. The van der Waals surface area contributed by atoms with Crippen molar-refractivity contribution in [1.29, 1.82) is 0 Å². The van der Waals surface area contributed by atoms with Crippen LogP contribution in [0.5, 0.6) is 0 Å². The fraction of sp³-hybridized carbons (Fsp3) is 1.00. The van der Waals surface area contributed by atoms with Crippen LogP contribution in [0.25, 0.3) is 0 Å². The van der Waals surface area contributed by atoms with Crippen LogP contribution >= 0.6 is 7.60 Å². The van der Waals surface area contributed by atoms with E-state index >= 15 is 0 Å². The van der Waals surface area contributed by atoms with Crippen LogP contribution in [-0.2, 0) is 13.0 Å². The summed E-state index contributed by atoms with van der Waals surface area (Å²) in [6.45, 7) is 1.72. The summed E-state index contributed by atoms with van der Waals surface area (Å²) in [5, 5.41) is 0.